The molecule has 1 saturated heterocycles. The first kappa shape index (κ1) is 13.1. The number of likely N-dealkylation sites (N-methyl/N-ethyl adjacent to an activating group) is 1. The molecule has 0 bridgehead atoms. The van der Waals surface area contributed by atoms with E-state index in [9.17, 15) is 17.7 Å². The van der Waals surface area contributed by atoms with Crippen LogP contribution in [0.25, 0.3) is 0 Å². The van der Waals surface area contributed by atoms with Gasteiger partial charge in [-0.15, -0.1) is 4.31 Å². The fraction of sp³-hybridized carbons (Fsp3) is 1.00. The summed E-state index contributed by atoms with van der Waals surface area (Å²) < 4.78 is 50.5. The third-order valence-corrected chi connectivity index (χ3v) is 3.93. The quantitative estimate of drug-likeness (QED) is 0.674. The van der Waals surface area contributed by atoms with Crippen molar-refractivity contribution in [3.05, 3.63) is 0 Å². The molecule has 1 aliphatic heterocycles. The highest BCUT2D eigenvalue weighted by Gasteiger charge is 2.47. The van der Waals surface area contributed by atoms with Gasteiger partial charge in [-0.2, -0.15) is 13.2 Å². The van der Waals surface area contributed by atoms with Crippen LogP contribution in [-0.2, 0) is 11.4 Å². The Labute approximate surface area is 90.5 Å². The zero-order valence-corrected chi connectivity index (χ0v) is 9.57. The predicted octanol–water partition coefficient (Wildman–Crippen LogP) is 0.848. The van der Waals surface area contributed by atoms with Gasteiger partial charge in [-0.1, -0.05) is 0 Å². The lowest BCUT2D eigenvalue weighted by atomic mass is 10.2. The number of hydrogen-bond donors (Lipinski definition) is 0. The summed E-state index contributed by atoms with van der Waals surface area (Å²) in [4.78, 5) is 1.27. The molecule has 0 aromatic carbocycles. The first-order chi connectivity index (χ1) is 6.86. The van der Waals surface area contributed by atoms with E-state index in [1.807, 2.05) is 0 Å². The molecule has 1 aliphatic rings. The number of halogens is 3. The summed E-state index contributed by atoms with van der Waals surface area (Å²) in [5.74, 6) is 0.369. The molecular weight excluding hydrogens is 229 g/mol. The molecule has 0 aliphatic carbocycles. The summed E-state index contributed by atoms with van der Waals surface area (Å²) in [6.45, 7) is 2.25. The number of alkyl halides is 3. The number of hydrogen-bond acceptors (Lipinski definition) is 3. The number of rotatable bonds is 2. The van der Waals surface area contributed by atoms with E-state index < -0.39 is 23.6 Å². The molecule has 2 atom stereocenters. The Bertz CT molecular complexity index is 215. The van der Waals surface area contributed by atoms with Crippen LogP contribution in [0.1, 0.15) is 6.92 Å². The second-order valence-electron chi connectivity index (χ2n) is 3.54. The standard InChI is InChI=1S/C8H15F3N2OS/c1-3-15(14)13-5-4-12(2)7(6-13)8(9,10)11/h7H,3-6H2,1-2H3. The third kappa shape index (κ3) is 3.24. The zero-order chi connectivity index (χ0) is 11.6. The van der Waals surface area contributed by atoms with Crippen molar-refractivity contribution in [2.24, 2.45) is 0 Å². The van der Waals surface area contributed by atoms with E-state index >= 15 is 0 Å². The van der Waals surface area contributed by atoms with Gasteiger partial charge in [0, 0.05) is 17.9 Å². The molecule has 0 N–H and O–H groups in total. The lowest BCUT2D eigenvalue weighted by molar-refractivity contribution is -0.188. The summed E-state index contributed by atoms with van der Waals surface area (Å²) in [5, 5.41) is 0. The molecule has 2 unspecified atom stereocenters. The smallest absolute Gasteiger partial charge is 0.405 e. The van der Waals surface area contributed by atoms with E-state index in [-0.39, 0.29) is 6.54 Å². The molecule has 90 valence electrons. The second kappa shape index (κ2) is 4.90. The van der Waals surface area contributed by atoms with Crippen LogP contribution in [0.5, 0.6) is 0 Å². The van der Waals surface area contributed by atoms with E-state index in [0.29, 0.717) is 18.8 Å². The fourth-order valence-corrected chi connectivity index (χ4v) is 2.53. The molecule has 1 heterocycles. The van der Waals surface area contributed by atoms with Gasteiger partial charge in [0.1, 0.15) is 11.8 Å². The minimum Gasteiger partial charge on any atom is -0.598 e. The maximum absolute atomic E-state index is 12.6. The topological polar surface area (TPSA) is 29.5 Å². The van der Waals surface area contributed by atoms with Crippen molar-refractivity contribution in [2.75, 3.05) is 32.4 Å². The maximum Gasteiger partial charge on any atom is 0.405 e. The third-order valence-electron chi connectivity index (χ3n) is 2.52. The lowest BCUT2D eigenvalue weighted by Crippen LogP contribution is -2.58. The van der Waals surface area contributed by atoms with Gasteiger partial charge in [-0.25, -0.2) is 0 Å². The van der Waals surface area contributed by atoms with E-state index in [2.05, 4.69) is 0 Å². The second-order valence-corrected chi connectivity index (χ2v) is 5.27. The maximum atomic E-state index is 12.6. The number of nitrogens with zero attached hydrogens (tertiary/aromatic N) is 2. The molecule has 3 nitrogen and oxygen atoms in total. The molecule has 0 saturated carbocycles. The highest BCUT2D eigenvalue weighted by molar-refractivity contribution is 7.89. The first-order valence-corrected chi connectivity index (χ1v) is 6.04. The van der Waals surface area contributed by atoms with Crippen LogP contribution in [0.2, 0.25) is 0 Å². The Balaban J connectivity index is 2.64. The average Bonchev–Trinajstić information content (AvgIpc) is 2.15. The van der Waals surface area contributed by atoms with Crippen molar-refractivity contribution in [1.29, 1.82) is 0 Å². The SMILES string of the molecule is CC[S+]([O-])N1CCN(C)C(C(F)(F)F)C1. The molecule has 0 aromatic heterocycles. The van der Waals surface area contributed by atoms with Gasteiger partial charge in [-0.05, 0) is 14.0 Å². The van der Waals surface area contributed by atoms with Crippen LogP contribution in [-0.4, -0.2) is 58.4 Å². The minimum atomic E-state index is -4.24. The fourth-order valence-electron chi connectivity index (χ4n) is 1.57. The molecule has 1 rings (SSSR count). The Morgan fingerprint density at radius 2 is 2.00 bits per heavy atom. The first-order valence-electron chi connectivity index (χ1n) is 4.76. The highest BCUT2D eigenvalue weighted by Crippen LogP contribution is 2.27. The Morgan fingerprint density at radius 1 is 1.40 bits per heavy atom. The van der Waals surface area contributed by atoms with Gasteiger partial charge < -0.3 is 4.55 Å². The Morgan fingerprint density at radius 3 is 2.47 bits per heavy atom. The molecule has 0 spiro atoms. The van der Waals surface area contributed by atoms with Crippen molar-refractivity contribution in [1.82, 2.24) is 9.21 Å². The average molecular weight is 244 g/mol. The van der Waals surface area contributed by atoms with Crippen molar-refractivity contribution >= 4 is 11.4 Å². The summed E-state index contributed by atoms with van der Waals surface area (Å²) >= 11 is -1.28. The molecule has 7 heteroatoms. The van der Waals surface area contributed by atoms with Gasteiger partial charge >= 0.3 is 6.18 Å². The molecule has 0 aromatic rings. The Kier molecular flexibility index (Phi) is 4.28. The summed E-state index contributed by atoms with van der Waals surface area (Å²) in [6, 6.07) is -1.50. The van der Waals surface area contributed by atoms with Crippen LogP contribution >= 0.6 is 0 Å². The highest BCUT2D eigenvalue weighted by atomic mass is 32.2. The monoisotopic (exact) mass is 244 g/mol. The summed E-state index contributed by atoms with van der Waals surface area (Å²) in [5.41, 5.74) is 0. The summed E-state index contributed by atoms with van der Waals surface area (Å²) in [6.07, 6.45) is -4.24. The van der Waals surface area contributed by atoms with Crippen LogP contribution in [0.15, 0.2) is 0 Å². The molecule has 1 fully saturated rings. The summed E-state index contributed by atoms with van der Waals surface area (Å²) in [7, 11) is 1.45. The minimum absolute atomic E-state index is 0.194. The number of piperazine rings is 1. The van der Waals surface area contributed by atoms with Crippen molar-refractivity contribution < 1.29 is 17.7 Å². The Hall–Kier alpha value is 0.0200. The van der Waals surface area contributed by atoms with Crippen LogP contribution < -0.4 is 0 Å². The predicted molar refractivity (Wildman–Crippen MR) is 52.7 cm³/mol. The van der Waals surface area contributed by atoms with Gasteiger partial charge in [-0.3, -0.25) is 4.90 Å². The van der Waals surface area contributed by atoms with Crippen LogP contribution in [0.3, 0.4) is 0 Å². The largest absolute Gasteiger partial charge is 0.598 e. The zero-order valence-electron chi connectivity index (χ0n) is 8.75. The van der Waals surface area contributed by atoms with Crippen molar-refractivity contribution in [3.63, 3.8) is 0 Å². The van der Waals surface area contributed by atoms with Crippen molar-refractivity contribution in [3.8, 4) is 0 Å². The van der Waals surface area contributed by atoms with Crippen LogP contribution in [0.4, 0.5) is 13.2 Å². The molecular formula is C8H15F3N2OS. The lowest BCUT2D eigenvalue weighted by Gasteiger charge is -2.39. The van der Waals surface area contributed by atoms with E-state index in [1.54, 1.807) is 6.92 Å². The van der Waals surface area contributed by atoms with Gasteiger partial charge in [0.2, 0.25) is 0 Å². The van der Waals surface area contributed by atoms with Crippen molar-refractivity contribution in [2.45, 2.75) is 19.1 Å². The van der Waals surface area contributed by atoms with E-state index in [4.69, 9.17) is 0 Å². The van der Waals surface area contributed by atoms with E-state index in [0.717, 1.165) is 0 Å². The van der Waals surface area contributed by atoms with Gasteiger partial charge in [0.15, 0.2) is 0 Å². The van der Waals surface area contributed by atoms with E-state index in [1.165, 1.54) is 16.3 Å². The molecule has 0 radical (unpaired) electrons. The van der Waals surface area contributed by atoms with Gasteiger partial charge in [0.25, 0.3) is 0 Å². The van der Waals surface area contributed by atoms with Crippen LogP contribution in [0, 0.1) is 0 Å². The molecule has 15 heavy (non-hydrogen) atoms. The van der Waals surface area contributed by atoms with Gasteiger partial charge in [0.05, 0.1) is 13.1 Å². The normalized spacial score (nSPS) is 28.0. The molecule has 0 amide bonds.